The molecule has 0 spiro atoms. The molecule has 3 aromatic heterocycles. The van der Waals surface area contributed by atoms with Crippen molar-refractivity contribution < 1.29 is 0 Å². The molecule has 1 aliphatic carbocycles. The average Bonchev–Trinajstić information content (AvgIpc) is 3.24. The van der Waals surface area contributed by atoms with E-state index in [1.165, 1.54) is 41.5 Å². The molecule has 0 atom stereocenters. The maximum absolute atomic E-state index is 5.03. The van der Waals surface area contributed by atoms with Gasteiger partial charge in [-0.25, -0.2) is 19.9 Å². The lowest BCUT2D eigenvalue weighted by Crippen LogP contribution is -2.33. The molecule has 0 amide bonds. The van der Waals surface area contributed by atoms with E-state index in [1.54, 1.807) is 11.8 Å². The summed E-state index contributed by atoms with van der Waals surface area (Å²) in [6.45, 7) is 7.49. The van der Waals surface area contributed by atoms with Crippen LogP contribution >= 0.6 is 23.1 Å². The zero-order chi connectivity index (χ0) is 19.1. The second-order valence-electron chi connectivity index (χ2n) is 8.02. The minimum atomic E-state index is 0.774. The number of fused-ring (bicyclic) bond motifs is 3. The van der Waals surface area contributed by atoms with Gasteiger partial charge in [0.05, 0.1) is 6.54 Å². The van der Waals surface area contributed by atoms with Gasteiger partial charge in [0.15, 0.2) is 5.16 Å². The van der Waals surface area contributed by atoms with Crippen molar-refractivity contribution >= 4 is 33.3 Å². The van der Waals surface area contributed by atoms with Crippen LogP contribution in [0, 0.1) is 12.8 Å². The molecule has 5 nitrogen and oxygen atoms in total. The van der Waals surface area contributed by atoms with Gasteiger partial charge in [-0.05, 0) is 81.4 Å². The molecule has 7 heteroatoms. The molecule has 1 aliphatic heterocycles. The highest BCUT2D eigenvalue weighted by atomic mass is 32.2. The molecule has 0 bridgehead atoms. The number of likely N-dealkylation sites (tertiary alicyclic amines) is 1. The van der Waals surface area contributed by atoms with E-state index in [4.69, 9.17) is 9.97 Å². The van der Waals surface area contributed by atoms with Crippen LogP contribution in [0.25, 0.3) is 10.2 Å². The normalized spacial score (nSPS) is 18.1. The average molecular weight is 412 g/mol. The van der Waals surface area contributed by atoms with Crippen LogP contribution in [0.3, 0.4) is 0 Å². The van der Waals surface area contributed by atoms with Crippen LogP contribution in [0.1, 0.15) is 48.1 Å². The van der Waals surface area contributed by atoms with Crippen LogP contribution in [0.2, 0.25) is 0 Å². The summed E-state index contributed by atoms with van der Waals surface area (Å²) in [5.74, 6) is 1.78. The fourth-order valence-electron chi connectivity index (χ4n) is 4.13. The molecule has 3 aromatic rings. The van der Waals surface area contributed by atoms with Crippen LogP contribution in [0.4, 0.5) is 0 Å². The zero-order valence-electron chi connectivity index (χ0n) is 16.4. The van der Waals surface area contributed by atoms with Gasteiger partial charge in [-0.2, -0.15) is 0 Å². The summed E-state index contributed by atoms with van der Waals surface area (Å²) in [5.41, 5.74) is 2.45. The molecular weight excluding hydrogens is 386 g/mol. The predicted molar refractivity (Wildman–Crippen MR) is 114 cm³/mol. The van der Waals surface area contributed by atoms with Crippen molar-refractivity contribution in [2.75, 3.05) is 13.1 Å². The van der Waals surface area contributed by atoms with Crippen LogP contribution in [0.15, 0.2) is 22.4 Å². The summed E-state index contributed by atoms with van der Waals surface area (Å²) in [7, 11) is 0. The van der Waals surface area contributed by atoms with Gasteiger partial charge in [-0.3, -0.25) is 4.90 Å². The molecular formula is C21H25N5S2. The Morgan fingerprint density at radius 3 is 2.86 bits per heavy atom. The van der Waals surface area contributed by atoms with Crippen LogP contribution < -0.4 is 0 Å². The van der Waals surface area contributed by atoms with Gasteiger partial charge in [0.25, 0.3) is 0 Å². The molecule has 0 aromatic carbocycles. The fraction of sp³-hybridized carbons (Fsp3) is 0.524. The molecule has 4 heterocycles. The first-order chi connectivity index (χ1) is 13.7. The largest absolute Gasteiger partial charge is 0.296 e. The van der Waals surface area contributed by atoms with E-state index >= 15 is 0 Å². The highest BCUT2D eigenvalue weighted by Crippen LogP contribution is 2.41. The van der Waals surface area contributed by atoms with E-state index < -0.39 is 0 Å². The number of hydrogen-bond donors (Lipinski definition) is 0. The second kappa shape index (κ2) is 7.69. The lowest BCUT2D eigenvalue weighted by molar-refractivity contribution is 0.181. The zero-order valence-corrected chi connectivity index (χ0v) is 18.1. The van der Waals surface area contributed by atoms with Crippen molar-refractivity contribution in [1.29, 1.82) is 0 Å². The fourth-order valence-corrected chi connectivity index (χ4v) is 6.42. The van der Waals surface area contributed by atoms with Gasteiger partial charge in [0, 0.05) is 22.2 Å². The number of nitrogens with zero attached hydrogens (tertiary/aromatic N) is 5. The lowest BCUT2D eigenvalue weighted by atomic mass is 9.99. The van der Waals surface area contributed by atoms with E-state index in [2.05, 4.69) is 21.8 Å². The van der Waals surface area contributed by atoms with Crippen molar-refractivity contribution in [2.45, 2.75) is 62.7 Å². The predicted octanol–water partition coefficient (Wildman–Crippen LogP) is 4.66. The topological polar surface area (TPSA) is 54.8 Å². The second-order valence-corrected chi connectivity index (χ2v) is 10.1. The van der Waals surface area contributed by atoms with Crippen molar-refractivity contribution in [3.63, 3.8) is 0 Å². The minimum absolute atomic E-state index is 0.774. The van der Waals surface area contributed by atoms with Crippen molar-refractivity contribution in [1.82, 2.24) is 24.8 Å². The number of thiophene rings is 1. The third-order valence-electron chi connectivity index (χ3n) is 5.78. The summed E-state index contributed by atoms with van der Waals surface area (Å²) in [6.07, 6.45) is 7.94. The number of rotatable bonds is 4. The third-order valence-corrected chi connectivity index (χ3v) is 7.83. The summed E-state index contributed by atoms with van der Waals surface area (Å²) in [6, 6.07) is 1.94. The molecule has 0 unspecified atom stereocenters. The van der Waals surface area contributed by atoms with Crippen LogP contribution in [-0.2, 0) is 19.4 Å². The van der Waals surface area contributed by atoms with Gasteiger partial charge in [-0.15, -0.1) is 11.3 Å². The Balaban J connectivity index is 1.51. The van der Waals surface area contributed by atoms with Crippen LogP contribution in [-0.4, -0.2) is 37.9 Å². The first kappa shape index (κ1) is 18.5. The van der Waals surface area contributed by atoms with Crippen LogP contribution in [0.5, 0.6) is 0 Å². The summed E-state index contributed by atoms with van der Waals surface area (Å²) in [4.78, 5) is 24.2. The summed E-state index contributed by atoms with van der Waals surface area (Å²) in [5, 5.41) is 3.06. The number of aryl methyl sites for hydroxylation is 3. The summed E-state index contributed by atoms with van der Waals surface area (Å²) >= 11 is 3.46. The molecule has 0 saturated carbocycles. The SMILES string of the molecule is Cc1ccnc(Sc2nc(CN3CCC(C)CC3)nc3sc4c(c23)CCC4)n1. The van der Waals surface area contributed by atoms with E-state index in [0.717, 1.165) is 58.5 Å². The molecule has 5 rings (SSSR count). The maximum atomic E-state index is 5.03. The molecule has 2 aliphatic rings. The first-order valence-corrected chi connectivity index (χ1v) is 11.8. The Morgan fingerprint density at radius 2 is 2.04 bits per heavy atom. The molecule has 0 radical (unpaired) electrons. The van der Waals surface area contributed by atoms with E-state index in [1.807, 2.05) is 30.5 Å². The maximum Gasteiger partial charge on any atom is 0.194 e. The number of hydrogen-bond acceptors (Lipinski definition) is 7. The standard InChI is InChI=1S/C21H25N5S2/c1-13-7-10-26(11-8-13)12-17-24-19-18(15-4-3-5-16(15)27-19)20(25-17)28-21-22-9-6-14(2)23-21/h6,9,13H,3-5,7-8,10-12H2,1-2H3. The van der Waals surface area contributed by atoms with E-state index in [0.29, 0.717) is 0 Å². The number of piperidine rings is 1. The quantitative estimate of drug-likeness (QED) is 0.460. The lowest BCUT2D eigenvalue weighted by Gasteiger charge is -2.29. The van der Waals surface area contributed by atoms with Gasteiger partial charge < -0.3 is 0 Å². The Hall–Kier alpha value is -1.57. The monoisotopic (exact) mass is 411 g/mol. The van der Waals surface area contributed by atoms with Gasteiger partial charge in [0.1, 0.15) is 15.7 Å². The van der Waals surface area contributed by atoms with Gasteiger partial charge in [0.2, 0.25) is 0 Å². The Bertz CT molecular complexity index is 1010. The van der Waals surface area contributed by atoms with E-state index in [-0.39, 0.29) is 0 Å². The molecule has 1 fully saturated rings. The molecule has 28 heavy (non-hydrogen) atoms. The third kappa shape index (κ3) is 3.67. The van der Waals surface area contributed by atoms with Crippen molar-refractivity contribution in [2.24, 2.45) is 5.92 Å². The Kier molecular flexibility index (Phi) is 5.07. The van der Waals surface area contributed by atoms with Crippen molar-refractivity contribution in [3.05, 3.63) is 34.2 Å². The Morgan fingerprint density at radius 1 is 1.18 bits per heavy atom. The highest BCUT2D eigenvalue weighted by Gasteiger charge is 2.24. The molecule has 0 N–H and O–H groups in total. The first-order valence-electron chi connectivity index (χ1n) is 10.2. The molecule has 146 valence electrons. The molecule has 1 saturated heterocycles. The highest BCUT2D eigenvalue weighted by molar-refractivity contribution is 7.99. The van der Waals surface area contributed by atoms with Gasteiger partial charge in [-0.1, -0.05) is 6.92 Å². The van der Waals surface area contributed by atoms with Crippen molar-refractivity contribution in [3.8, 4) is 0 Å². The van der Waals surface area contributed by atoms with Gasteiger partial charge >= 0.3 is 0 Å². The minimum Gasteiger partial charge on any atom is -0.296 e. The smallest absolute Gasteiger partial charge is 0.194 e. The summed E-state index contributed by atoms with van der Waals surface area (Å²) < 4.78 is 0. The van der Waals surface area contributed by atoms with E-state index in [9.17, 15) is 0 Å². The Labute approximate surface area is 174 Å². The number of aromatic nitrogens is 4.